The molecule has 1 fully saturated rings. The van der Waals surface area contributed by atoms with E-state index in [2.05, 4.69) is 16.5 Å². The largest absolute Gasteiger partial charge is 0.330 e. The standard InChI is InChI=1S/C14H16ClFN2S/c1-8-2-3-9(4-8)7-18-13-5-10(15)11(16)6-12(13)17-14(18)19/h5-6,8-9H,2-4,7H2,1H3,(H,17,19). The number of aromatic amines is 1. The van der Waals surface area contributed by atoms with Gasteiger partial charge in [0.2, 0.25) is 0 Å². The van der Waals surface area contributed by atoms with E-state index in [9.17, 15) is 4.39 Å². The smallest absolute Gasteiger partial charge is 0.178 e. The highest BCUT2D eigenvalue weighted by Crippen LogP contribution is 2.32. The van der Waals surface area contributed by atoms with Crippen LogP contribution in [0.25, 0.3) is 11.0 Å². The van der Waals surface area contributed by atoms with Crippen LogP contribution in [0.2, 0.25) is 5.02 Å². The molecule has 0 saturated heterocycles. The van der Waals surface area contributed by atoms with Gasteiger partial charge in [-0.25, -0.2) is 4.39 Å². The fourth-order valence-electron chi connectivity index (χ4n) is 3.08. The van der Waals surface area contributed by atoms with E-state index in [1.54, 1.807) is 6.07 Å². The molecule has 2 nitrogen and oxygen atoms in total. The number of imidazole rings is 1. The lowest BCUT2D eigenvalue weighted by Gasteiger charge is -2.11. The van der Waals surface area contributed by atoms with Gasteiger partial charge in [0.25, 0.3) is 0 Å². The minimum atomic E-state index is -0.410. The first-order valence-electron chi connectivity index (χ1n) is 6.62. The summed E-state index contributed by atoms with van der Waals surface area (Å²) < 4.78 is 16.2. The number of hydrogen-bond donors (Lipinski definition) is 1. The Hall–Kier alpha value is -0.870. The van der Waals surface area contributed by atoms with Gasteiger partial charge in [0.1, 0.15) is 5.82 Å². The second kappa shape index (κ2) is 4.91. The molecule has 0 bridgehead atoms. The lowest BCUT2D eigenvalue weighted by molar-refractivity contribution is 0.444. The molecule has 1 heterocycles. The van der Waals surface area contributed by atoms with Crippen molar-refractivity contribution in [2.75, 3.05) is 0 Å². The molecule has 19 heavy (non-hydrogen) atoms. The van der Waals surface area contributed by atoms with Crippen molar-refractivity contribution in [1.29, 1.82) is 0 Å². The van der Waals surface area contributed by atoms with E-state index in [-0.39, 0.29) is 5.02 Å². The van der Waals surface area contributed by atoms with Gasteiger partial charge in [-0.15, -0.1) is 0 Å². The third-order valence-corrected chi connectivity index (χ3v) is 4.67. The van der Waals surface area contributed by atoms with Crippen LogP contribution in [0.15, 0.2) is 12.1 Å². The topological polar surface area (TPSA) is 20.7 Å². The zero-order valence-electron chi connectivity index (χ0n) is 10.7. The molecule has 2 atom stereocenters. The molecule has 1 aromatic carbocycles. The van der Waals surface area contributed by atoms with Gasteiger partial charge in [-0.3, -0.25) is 0 Å². The molecule has 0 radical (unpaired) electrons. The van der Waals surface area contributed by atoms with Gasteiger partial charge in [-0.05, 0) is 43.0 Å². The molecular weight excluding hydrogens is 283 g/mol. The minimum absolute atomic E-state index is 0.148. The Bertz CT molecular complexity index is 676. The van der Waals surface area contributed by atoms with Crippen LogP contribution in [-0.2, 0) is 6.54 Å². The lowest BCUT2D eigenvalue weighted by atomic mass is 10.1. The minimum Gasteiger partial charge on any atom is -0.330 e. The van der Waals surface area contributed by atoms with E-state index in [0.29, 0.717) is 10.7 Å². The summed E-state index contributed by atoms with van der Waals surface area (Å²) in [5.41, 5.74) is 1.62. The van der Waals surface area contributed by atoms with Gasteiger partial charge in [0, 0.05) is 12.6 Å². The first kappa shape index (κ1) is 13.1. The second-order valence-corrected chi connectivity index (χ2v) is 6.40. The SMILES string of the molecule is CC1CCC(Cn2c(=S)[nH]c3cc(F)c(Cl)cc32)C1. The van der Waals surface area contributed by atoms with Crippen LogP contribution in [0.4, 0.5) is 4.39 Å². The molecule has 5 heteroatoms. The van der Waals surface area contributed by atoms with E-state index < -0.39 is 5.82 Å². The van der Waals surface area contributed by atoms with Crippen molar-refractivity contribution in [2.45, 2.75) is 32.7 Å². The second-order valence-electron chi connectivity index (χ2n) is 5.61. The molecule has 3 rings (SSSR count). The summed E-state index contributed by atoms with van der Waals surface area (Å²) in [6.45, 7) is 3.19. The molecule has 1 aliphatic carbocycles. The van der Waals surface area contributed by atoms with E-state index >= 15 is 0 Å². The average molecular weight is 299 g/mol. The number of rotatable bonds is 2. The quantitative estimate of drug-likeness (QED) is 0.780. The van der Waals surface area contributed by atoms with E-state index in [0.717, 1.165) is 23.5 Å². The van der Waals surface area contributed by atoms with Gasteiger partial charge >= 0.3 is 0 Å². The number of nitrogens with zero attached hydrogens (tertiary/aromatic N) is 1. The van der Waals surface area contributed by atoms with Crippen LogP contribution in [0.5, 0.6) is 0 Å². The summed E-state index contributed by atoms with van der Waals surface area (Å²) in [6, 6.07) is 3.08. The molecule has 1 saturated carbocycles. The number of hydrogen-bond acceptors (Lipinski definition) is 1. The summed E-state index contributed by atoms with van der Waals surface area (Å²) in [4.78, 5) is 3.06. The van der Waals surface area contributed by atoms with E-state index in [1.165, 1.54) is 25.3 Å². The number of benzene rings is 1. The van der Waals surface area contributed by atoms with Crippen molar-refractivity contribution in [2.24, 2.45) is 11.8 Å². The number of fused-ring (bicyclic) bond motifs is 1. The maximum Gasteiger partial charge on any atom is 0.178 e. The monoisotopic (exact) mass is 298 g/mol. The Labute approximate surface area is 121 Å². The fraction of sp³-hybridized carbons (Fsp3) is 0.500. The Kier molecular flexibility index (Phi) is 3.39. The third-order valence-electron chi connectivity index (χ3n) is 4.06. The molecule has 0 amide bonds. The zero-order chi connectivity index (χ0) is 13.6. The van der Waals surface area contributed by atoms with E-state index in [1.807, 2.05) is 0 Å². The molecule has 2 aromatic rings. The van der Waals surface area contributed by atoms with Crippen LogP contribution >= 0.6 is 23.8 Å². The molecule has 102 valence electrons. The summed E-state index contributed by atoms with van der Waals surface area (Å²) >= 11 is 11.2. The van der Waals surface area contributed by atoms with Crippen molar-refractivity contribution >= 4 is 34.9 Å². The highest BCUT2D eigenvalue weighted by atomic mass is 35.5. The number of nitrogens with one attached hydrogen (secondary N) is 1. The van der Waals surface area contributed by atoms with Crippen molar-refractivity contribution in [3.63, 3.8) is 0 Å². The van der Waals surface area contributed by atoms with Crippen LogP contribution in [0.1, 0.15) is 26.2 Å². The van der Waals surface area contributed by atoms with Crippen LogP contribution in [-0.4, -0.2) is 9.55 Å². The highest BCUT2D eigenvalue weighted by Gasteiger charge is 2.22. The summed E-state index contributed by atoms with van der Waals surface area (Å²) in [5, 5.41) is 0.148. The first-order chi connectivity index (χ1) is 9.04. The summed E-state index contributed by atoms with van der Waals surface area (Å²) in [5.74, 6) is 1.04. The van der Waals surface area contributed by atoms with Gasteiger partial charge in [-0.1, -0.05) is 24.9 Å². The van der Waals surface area contributed by atoms with Crippen LogP contribution in [0.3, 0.4) is 0 Å². The maximum atomic E-state index is 13.5. The third kappa shape index (κ3) is 2.43. The molecule has 1 N–H and O–H groups in total. The number of H-pyrrole nitrogens is 1. The zero-order valence-corrected chi connectivity index (χ0v) is 12.3. The summed E-state index contributed by atoms with van der Waals surface area (Å²) in [7, 11) is 0. The number of aromatic nitrogens is 2. The Morgan fingerprint density at radius 2 is 2.26 bits per heavy atom. The van der Waals surface area contributed by atoms with Gasteiger partial charge in [0.05, 0.1) is 16.1 Å². The van der Waals surface area contributed by atoms with E-state index in [4.69, 9.17) is 23.8 Å². The fourth-order valence-corrected chi connectivity index (χ4v) is 3.52. The Morgan fingerprint density at radius 3 is 2.95 bits per heavy atom. The first-order valence-corrected chi connectivity index (χ1v) is 7.41. The molecule has 0 spiro atoms. The van der Waals surface area contributed by atoms with Crippen molar-refractivity contribution in [3.8, 4) is 0 Å². The molecular formula is C14H16ClFN2S. The van der Waals surface area contributed by atoms with Crippen LogP contribution < -0.4 is 0 Å². The average Bonchev–Trinajstić information content (AvgIpc) is 2.87. The Balaban J connectivity index is 2.01. The van der Waals surface area contributed by atoms with Crippen molar-refractivity contribution in [1.82, 2.24) is 9.55 Å². The molecule has 0 aliphatic heterocycles. The normalized spacial score (nSPS) is 23.3. The molecule has 1 aliphatic rings. The van der Waals surface area contributed by atoms with Crippen molar-refractivity contribution < 1.29 is 4.39 Å². The number of halogens is 2. The molecule has 1 aromatic heterocycles. The van der Waals surface area contributed by atoms with Gasteiger partial charge in [-0.2, -0.15) is 0 Å². The maximum absolute atomic E-state index is 13.5. The predicted octanol–water partition coefficient (Wildman–Crippen LogP) is 4.93. The van der Waals surface area contributed by atoms with Gasteiger partial charge < -0.3 is 9.55 Å². The highest BCUT2D eigenvalue weighted by molar-refractivity contribution is 7.71. The summed E-state index contributed by atoms with van der Waals surface area (Å²) in [6.07, 6.45) is 3.77. The molecule has 2 unspecified atom stereocenters. The van der Waals surface area contributed by atoms with Gasteiger partial charge in [0.15, 0.2) is 4.77 Å². The van der Waals surface area contributed by atoms with Crippen LogP contribution in [0, 0.1) is 22.4 Å². The Morgan fingerprint density at radius 1 is 1.47 bits per heavy atom. The lowest BCUT2D eigenvalue weighted by Crippen LogP contribution is -2.07. The van der Waals surface area contributed by atoms with Crippen molar-refractivity contribution in [3.05, 3.63) is 27.7 Å². The predicted molar refractivity (Wildman–Crippen MR) is 78.6 cm³/mol.